The molecular formula is C20H22N4O2. The standard InChI is InChI=1S/C20H22N4O2/c21-12-14-7-9-16(10-8-14)24-20(26)17-5-3-11-22-19(17)23-13-15-4-1-2-6-18(15)25/h3,5,7-11,15,18,25H,1-2,4,6,13H2,(H,22,23)(H,24,26)/t15-,18+/m0/s1. The lowest BCUT2D eigenvalue weighted by atomic mass is 9.86. The molecule has 3 rings (SSSR count). The molecule has 26 heavy (non-hydrogen) atoms. The van der Waals surface area contributed by atoms with Crippen LogP contribution in [0.1, 0.15) is 41.6 Å². The number of carbonyl (C=O) groups excluding carboxylic acids is 1. The lowest BCUT2D eigenvalue weighted by Gasteiger charge is -2.28. The minimum atomic E-state index is -0.295. The van der Waals surface area contributed by atoms with Crippen LogP contribution in [0.3, 0.4) is 0 Å². The van der Waals surface area contributed by atoms with Crippen LogP contribution < -0.4 is 10.6 Å². The molecule has 0 spiro atoms. The van der Waals surface area contributed by atoms with Gasteiger partial charge in [0.2, 0.25) is 0 Å². The summed E-state index contributed by atoms with van der Waals surface area (Å²) < 4.78 is 0. The van der Waals surface area contributed by atoms with Crippen molar-refractivity contribution in [1.29, 1.82) is 5.26 Å². The molecule has 1 heterocycles. The zero-order chi connectivity index (χ0) is 18.4. The second-order valence-electron chi connectivity index (χ2n) is 6.54. The quantitative estimate of drug-likeness (QED) is 0.769. The van der Waals surface area contributed by atoms with Crippen molar-refractivity contribution in [1.82, 2.24) is 4.98 Å². The Morgan fingerprint density at radius 1 is 1.23 bits per heavy atom. The third-order valence-electron chi connectivity index (χ3n) is 4.72. The number of nitrogens with one attached hydrogen (secondary N) is 2. The fraction of sp³-hybridized carbons (Fsp3) is 0.350. The molecule has 0 aliphatic heterocycles. The van der Waals surface area contributed by atoms with Gasteiger partial charge in [-0.3, -0.25) is 4.79 Å². The van der Waals surface area contributed by atoms with E-state index in [0.717, 1.165) is 25.7 Å². The van der Waals surface area contributed by atoms with Gasteiger partial charge in [0.05, 0.1) is 23.3 Å². The molecule has 1 aliphatic rings. The molecule has 1 aromatic heterocycles. The Morgan fingerprint density at radius 3 is 2.73 bits per heavy atom. The topological polar surface area (TPSA) is 98.0 Å². The van der Waals surface area contributed by atoms with E-state index in [1.54, 1.807) is 42.6 Å². The minimum absolute atomic E-state index is 0.181. The Hall–Kier alpha value is -2.91. The molecule has 1 amide bonds. The molecule has 6 heteroatoms. The van der Waals surface area contributed by atoms with Crippen LogP contribution >= 0.6 is 0 Å². The number of amides is 1. The third-order valence-corrected chi connectivity index (χ3v) is 4.72. The summed E-state index contributed by atoms with van der Waals surface area (Å²) in [6, 6.07) is 12.2. The number of nitrogens with zero attached hydrogens (tertiary/aromatic N) is 2. The molecule has 1 fully saturated rings. The molecule has 2 aromatic rings. The first-order valence-corrected chi connectivity index (χ1v) is 8.86. The van der Waals surface area contributed by atoms with Crippen molar-refractivity contribution in [3.63, 3.8) is 0 Å². The lowest BCUT2D eigenvalue weighted by molar-refractivity contribution is 0.0763. The Kier molecular flexibility index (Phi) is 5.82. The number of carbonyl (C=O) groups is 1. The average Bonchev–Trinajstić information content (AvgIpc) is 2.68. The SMILES string of the molecule is N#Cc1ccc(NC(=O)c2cccnc2NC[C@@H]2CCCC[C@H]2O)cc1. The van der Waals surface area contributed by atoms with Gasteiger partial charge >= 0.3 is 0 Å². The molecule has 6 nitrogen and oxygen atoms in total. The van der Waals surface area contributed by atoms with Crippen molar-refractivity contribution in [2.45, 2.75) is 31.8 Å². The van der Waals surface area contributed by atoms with Crippen LogP contribution in [0.25, 0.3) is 0 Å². The average molecular weight is 350 g/mol. The number of benzene rings is 1. The monoisotopic (exact) mass is 350 g/mol. The number of nitriles is 1. The summed E-state index contributed by atoms with van der Waals surface area (Å²) in [5.74, 6) is 0.422. The highest BCUT2D eigenvalue weighted by Crippen LogP contribution is 2.25. The second kappa shape index (κ2) is 8.45. The summed E-state index contributed by atoms with van der Waals surface area (Å²) >= 11 is 0. The van der Waals surface area contributed by atoms with Gasteiger partial charge in [-0.05, 0) is 49.2 Å². The fourth-order valence-electron chi connectivity index (χ4n) is 3.21. The van der Waals surface area contributed by atoms with Crippen molar-refractivity contribution in [2.75, 3.05) is 17.2 Å². The summed E-state index contributed by atoms with van der Waals surface area (Å²) in [5, 5.41) is 25.0. The first-order chi connectivity index (χ1) is 12.7. The van der Waals surface area contributed by atoms with E-state index < -0.39 is 0 Å². The predicted molar refractivity (Wildman–Crippen MR) is 99.8 cm³/mol. The number of aliphatic hydroxyl groups is 1. The first-order valence-electron chi connectivity index (χ1n) is 8.86. The van der Waals surface area contributed by atoms with E-state index in [2.05, 4.69) is 15.6 Å². The number of rotatable bonds is 5. The van der Waals surface area contributed by atoms with E-state index in [4.69, 9.17) is 5.26 Å². The van der Waals surface area contributed by atoms with E-state index in [1.165, 1.54) is 0 Å². The lowest BCUT2D eigenvalue weighted by Crippen LogP contribution is -2.31. The highest BCUT2D eigenvalue weighted by Gasteiger charge is 2.23. The van der Waals surface area contributed by atoms with Crippen LogP contribution in [0.2, 0.25) is 0 Å². The van der Waals surface area contributed by atoms with Crippen LogP contribution in [-0.4, -0.2) is 28.6 Å². The molecule has 0 saturated heterocycles. The van der Waals surface area contributed by atoms with Crippen LogP contribution in [0.5, 0.6) is 0 Å². The molecule has 0 unspecified atom stereocenters. The highest BCUT2D eigenvalue weighted by molar-refractivity contribution is 6.07. The number of hydrogen-bond acceptors (Lipinski definition) is 5. The van der Waals surface area contributed by atoms with Crippen molar-refractivity contribution >= 4 is 17.4 Å². The Morgan fingerprint density at radius 2 is 2.00 bits per heavy atom. The fourth-order valence-corrected chi connectivity index (χ4v) is 3.21. The molecule has 0 radical (unpaired) electrons. The number of hydrogen-bond donors (Lipinski definition) is 3. The molecule has 0 bridgehead atoms. The summed E-state index contributed by atoms with van der Waals surface area (Å²) in [4.78, 5) is 16.9. The highest BCUT2D eigenvalue weighted by atomic mass is 16.3. The summed E-state index contributed by atoms with van der Waals surface area (Å²) in [6.07, 6.45) is 5.35. The molecule has 2 atom stereocenters. The van der Waals surface area contributed by atoms with Crippen molar-refractivity contribution in [2.24, 2.45) is 5.92 Å². The van der Waals surface area contributed by atoms with Crippen LogP contribution in [-0.2, 0) is 0 Å². The second-order valence-corrected chi connectivity index (χ2v) is 6.54. The van der Waals surface area contributed by atoms with Gasteiger partial charge in [0.1, 0.15) is 5.82 Å². The van der Waals surface area contributed by atoms with Gasteiger partial charge in [0.25, 0.3) is 5.91 Å². The van der Waals surface area contributed by atoms with Crippen LogP contribution in [0.4, 0.5) is 11.5 Å². The van der Waals surface area contributed by atoms with E-state index in [-0.39, 0.29) is 17.9 Å². The molecule has 134 valence electrons. The summed E-state index contributed by atoms with van der Waals surface area (Å²) in [7, 11) is 0. The summed E-state index contributed by atoms with van der Waals surface area (Å²) in [6.45, 7) is 0.593. The van der Waals surface area contributed by atoms with Crippen LogP contribution in [0, 0.1) is 17.2 Å². The third kappa shape index (κ3) is 4.38. The molecule has 1 aromatic carbocycles. The van der Waals surface area contributed by atoms with Gasteiger partial charge in [-0.15, -0.1) is 0 Å². The summed E-state index contributed by atoms with van der Waals surface area (Å²) in [5.41, 5.74) is 1.60. The maximum Gasteiger partial charge on any atom is 0.259 e. The molecule has 3 N–H and O–H groups in total. The maximum atomic E-state index is 12.6. The largest absolute Gasteiger partial charge is 0.393 e. The Balaban J connectivity index is 1.67. The number of pyridine rings is 1. The molecule has 1 saturated carbocycles. The Bertz CT molecular complexity index is 798. The van der Waals surface area contributed by atoms with Gasteiger partial charge < -0.3 is 15.7 Å². The van der Waals surface area contributed by atoms with Gasteiger partial charge in [-0.2, -0.15) is 5.26 Å². The minimum Gasteiger partial charge on any atom is -0.393 e. The molecular weight excluding hydrogens is 328 g/mol. The van der Waals surface area contributed by atoms with Crippen molar-refractivity contribution in [3.05, 3.63) is 53.7 Å². The van der Waals surface area contributed by atoms with E-state index >= 15 is 0 Å². The van der Waals surface area contributed by atoms with Gasteiger partial charge in [0, 0.05) is 24.3 Å². The zero-order valence-corrected chi connectivity index (χ0v) is 14.5. The number of aromatic nitrogens is 1. The van der Waals surface area contributed by atoms with Crippen molar-refractivity contribution < 1.29 is 9.90 Å². The molecule has 1 aliphatic carbocycles. The smallest absolute Gasteiger partial charge is 0.259 e. The van der Waals surface area contributed by atoms with Gasteiger partial charge in [-0.25, -0.2) is 4.98 Å². The Labute approximate surface area is 152 Å². The van der Waals surface area contributed by atoms with Gasteiger partial charge in [-0.1, -0.05) is 12.8 Å². The van der Waals surface area contributed by atoms with Gasteiger partial charge in [0.15, 0.2) is 0 Å². The maximum absolute atomic E-state index is 12.6. The predicted octanol–water partition coefficient (Wildman–Crippen LogP) is 3.17. The van der Waals surface area contributed by atoms with Crippen LogP contribution in [0.15, 0.2) is 42.6 Å². The van der Waals surface area contributed by atoms with Crippen molar-refractivity contribution in [3.8, 4) is 6.07 Å². The zero-order valence-electron chi connectivity index (χ0n) is 14.5. The number of aliphatic hydroxyl groups excluding tert-OH is 1. The van der Waals surface area contributed by atoms with E-state index in [9.17, 15) is 9.90 Å². The normalized spacial score (nSPS) is 19.4. The van der Waals surface area contributed by atoms with E-state index in [1.807, 2.05) is 6.07 Å². The van der Waals surface area contributed by atoms with E-state index in [0.29, 0.717) is 29.2 Å². The number of anilines is 2. The first kappa shape index (κ1) is 17.9.